The minimum absolute atomic E-state index is 0.280. The first-order valence-corrected chi connectivity index (χ1v) is 8.05. The lowest BCUT2D eigenvalue weighted by Crippen LogP contribution is -2.55. The molecule has 0 N–H and O–H groups in total. The molecule has 2 fully saturated rings. The van der Waals surface area contributed by atoms with Crippen molar-refractivity contribution in [1.29, 1.82) is 0 Å². The number of carboxylic acids is 1. The number of piperidine rings is 1. The van der Waals surface area contributed by atoms with Gasteiger partial charge >= 0.3 is 6.09 Å². The van der Waals surface area contributed by atoms with Gasteiger partial charge in [-0.1, -0.05) is 0 Å². The highest BCUT2D eigenvalue weighted by Gasteiger charge is 2.40. The molecule has 6 nitrogen and oxygen atoms in total. The molecule has 0 aromatic carbocycles. The van der Waals surface area contributed by atoms with Crippen molar-refractivity contribution < 1.29 is 24.2 Å². The zero-order valence-corrected chi connectivity index (χ0v) is 13.7. The minimum Gasteiger partial charge on any atom is -0.547 e. The molecule has 1 aliphatic heterocycles. The topological polar surface area (TPSA) is 78.9 Å². The second-order valence-corrected chi connectivity index (χ2v) is 7.36. The van der Waals surface area contributed by atoms with Gasteiger partial charge in [0.25, 0.3) is 0 Å². The molecule has 0 unspecified atom stereocenters. The van der Waals surface area contributed by atoms with E-state index in [0.717, 1.165) is 19.3 Å². The fraction of sp³-hybridized carbons (Fsp3) is 0.875. The average molecular weight is 312 g/mol. The smallest absolute Gasteiger partial charge is 0.410 e. The molecule has 22 heavy (non-hydrogen) atoms. The van der Waals surface area contributed by atoms with E-state index in [1.807, 2.05) is 20.8 Å². The third-order valence-electron chi connectivity index (χ3n) is 4.39. The lowest BCUT2D eigenvalue weighted by Gasteiger charge is -2.43. The van der Waals surface area contributed by atoms with E-state index in [9.17, 15) is 14.7 Å². The molecule has 0 aromatic heterocycles. The van der Waals surface area contributed by atoms with Crippen LogP contribution in [0.3, 0.4) is 0 Å². The molecule has 126 valence electrons. The molecule has 0 aromatic rings. The predicted octanol–water partition coefficient (Wildman–Crippen LogP) is 1.32. The Labute approximate surface area is 131 Å². The number of rotatable bonds is 4. The van der Waals surface area contributed by atoms with Crippen LogP contribution in [0, 0.1) is 5.92 Å². The number of hydrogen-bond donors (Lipinski definition) is 0. The van der Waals surface area contributed by atoms with Gasteiger partial charge in [0.05, 0.1) is 12.6 Å². The summed E-state index contributed by atoms with van der Waals surface area (Å²) in [6.07, 6.45) is 3.31. The molecule has 0 radical (unpaired) electrons. The molecule has 0 atom stereocenters. The maximum absolute atomic E-state index is 12.0. The molecule has 1 saturated carbocycles. The number of nitrogens with zero attached hydrogens (tertiary/aromatic N) is 1. The average Bonchev–Trinajstić information content (AvgIpc) is 2.35. The second-order valence-electron chi connectivity index (χ2n) is 7.36. The predicted molar refractivity (Wildman–Crippen MR) is 78.1 cm³/mol. The van der Waals surface area contributed by atoms with E-state index >= 15 is 0 Å². The van der Waals surface area contributed by atoms with E-state index in [2.05, 4.69) is 0 Å². The van der Waals surface area contributed by atoms with Gasteiger partial charge in [-0.25, -0.2) is 4.79 Å². The van der Waals surface area contributed by atoms with Crippen LogP contribution in [0.4, 0.5) is 4.79 Å². The summed E-state index contributed by atoms with van der Waals surface area (Å²) in [5, 5.41) is 11.1. The number of likely N-dealkylation sites (tertiary alicyclic amines) is 1. The maximum Gasteiger partial charge on any atom is 0.410 e. The van der Waals surface area contributed by atoms with Crippen molar-refractivity contribution in [2.75, 3.05) is 19.7 Å². The standard InChI is InChI=1S/C16H27NO5/c1-15(2,3)22-14(20)17-9-5-12(6-10-17)11-21-16(13(18)19)7-4-8-16/h12H,4-11H2,1-3H3,(H,18,19)/p-1. The maximum atomic E-state index is 12.0. The van der Waals surface area contributed by atoms with Crippen LogP contribution in [0.25, 0.3) is 0 Å². The van der Waals surface area contributed by atoms with E-state index in [1.54, 1.807) is 4.90 Å². The Hall–Kier alpha value is -1.30. The first-order chi connectivity index (χ1) is 10.2. The van der Waals surface area contributed by atoms with Crippen molar-refractivity contribution >= 4 is 12.1 Å². The van der Waals surface area contributed by atoms with Crippen molar-refractivity contribution in [3.8, 4) is 0 Å². The van der Waals surface area contributed by atoms with Gasteiger partial charge in [-0.2, -0.15) is 0 Å². The molecule has 0 spiro atoms. The number of aliphatic carboxylic acids is 1. The third kappa shape index (κ3) is 4.12. The third-order valence-corrected chi connectivity index (χ3v) is 4.39. The summed E-state index contributed by atoms with van der Waals surface area (Å²) in [7, 11) is 0. The van der Waals surface area contributed by atoms with Gasteiger partial charge in [0.15, 0.2) is 0 Å². The molecule has 1 heterocycles. The summed E-state index contributed by atoms with van der Waals surface area (Å²) < 4.78 is 11.0. The SMILES string of the molecule is CC(C)(C)OC(=O)N1CCC(COC2(C(=O)[O-])CCC2)CC1. The zero-order valence-electron chi connectivity index (χ0n) is 13.7. The summed E-state index contributed by atoms with van der Waals surface area (Å²) >= 11 is 0. The van der Waals surface area contributed by atoms with Crippen LogP contribution >= 0.6 is 0 Å². The van der Waals surface area contributed by atoms with E-state index in [-0.39, 0.29) is 12.0 Å². The highest BCUT2D eigenvalue weighted by atomic mass is 16.6. The van der Waals surface area contributed by atoms with Gasteiger partial charge in [-0.05, 0) is 58.8 Å². The van der Waals surface area contributed by atoms with E-state index < -0.39 is 17.2 Å². The largest absolute Gasteiger partial charge is 0.547 e. The number of hydrogen-bond acceptors (Lipinski definition) is 5. The molecule has 1 aliphatic carbocycles. The lowest BCUT2D eigenvalue weighted by molar-refractivity contribution is -0.334. The molecule has 1 amide bonds. The first-order valence-electron chi connectivity index (χ1n) is 8.05. The quantitative estimate of drug-likeness (QED) is 0.782. The van der Waals surface area contributed by atoms with Crippen LogP contribution in [-0.2, 0) is 14.3 Å². The molecular formula is C16H26NO5-. The zero-order chi connectivity index (χ0) is 16.4. The summed E-state index contributed by atoms with van der Waals surface area (Å²) in [5.41, 5.74) is -1.54. The number of carbonyl (C=O) groups is 2. The first kappa shape index (κ1) is 17.1. The van der Waals surface area contributed by atoms with Gasteiger partial charge in [-0.3, -0.25) is 0 Å². The normalized spacial score (nSPS) is 22.0. The van der Waals surface area contributed by atoms with Crippen LogP contribution in [0.2, 0.25) is 0 Å². The van der Waals surface area contributed by atoms with E-state index in [1.165, 1.54) is 0 Å². The van der Waals surface area contributed by atoms with E-state index in [4.69, 9.17) is 9.47 Å². The van der Waals surface area contributed by atoms with Crippen molar-refractivity contribution in [3.05, 3.63) is 0 Å². The highest BCUT2D eigenvalue weighted by molar-refractivity contribution is 5.76. The fourth-order valence-corrected chi connectivity index (χ4v) is 2.79. The summed E-state index contributed by atoms with van der Waals surface area (Å²) in [4.78, 5) is 24.8. The Morgan fingerprint density at radius 3 is 2.23 bits per heavy atom. The van der Waals surface area contributed by atoms with Gasteiger partial charge in [0.1, 0.15) is 11.2 Å². The van der Waals surface area contributed by atoms with Crippen LogP contribution in [-0.4, -0.2) is 47.9 Å². The van der Waals surface area contributed by atoms with Gasteiger partial charge in [-0.15, -0.1) is 0 Å². The molecule has 0 bridgehead atoms. The fourth-order valence-electron chi connectivity index (χ4n) is 2.79. The number of amides is 1. The molecule has 6 heteroatoms. The minimum atomic E-state index is -1.09. The lowest BCUT2D eigenvalue weighted by atomic mass is 9.80. The number of carbonyl (C=O) groups excluding carboxylic acids is 2. The van der Waals surface area contributed by atoms with Crippen molar-refractivity contribution in [2.45, 2.75) is 64.1 Å². The van der Waals surface area contributed by atoms with Crippen LogP contribution < -0.4 is 5.11 Å². The van der Waals surface area contributed by atoms with Crippen molar-refractivity contribution in [2.24, 2.45) is 5.92 Å². The van der Waals surface area contributed by atoms with Gasteiger partial charge in [0, 0.05) is 13.1 Å². The molecule has 2 aliphatic rings. The van der Waals surface area contributed by atoms with Gasteiger partial charge < -0.3 is 24.3 Å². The van der Waals surface area contributed by atoms with Gasteiger partial charge in [0.2, 0.25) is 0 Å². The van der Waals surface area contributed by atoms with Crippen molar-refractivity contribution in [3.63, 3.8) is 0 Å². The molecule has 2 rings (SSSR count). The molecular weight excluding hydrogens is 286 g/mol. The number of carboxylic acid groups (broad SMARTS) is 1. The highest BCUT2D eigenvalue weighted by Crippen LogP contribution is 2.36. The van der Waals surface area contributed by atoms with Crippen LogP contribution in [0.1, 0.15) is 52.9 Å². The number of ether oxygens (including phenoxy) is 2. The Balaban J connectivity index is 1.73. The molecule has 1 saturated heterocycles. The monoisotopic (exact) mass is 312 g/mol. The second kappa shape index (κ2) is 6.44. The Bertz CT molecular complexity index is 417. The summed E-state index contributed by atoms with van der Waals surface area (Å²) in [6, 6.07) is 0. The van der Waals surface area contributed by atoms with Crippen LogP contribution in [0.5, 0.6) is 0 Å². The summed E-state index contributed by atoms with van der Waals surface area (Å²) in [6.45, 7) is 7.23. The Morgan fingerprint density at radius 2 is 1.82 bits per heavy atom. The van der Waals surface area contributed by atoms with E-state index in [0.29, 0.717) is 32.5 Å². The Kier molecular flexibility index (Phi) is 5.00. The summed E-state index contributed by atoms with van der Waals surface area (Å²) in [5.74, 6) is -0.805. The van der Waals surface area contributed by atoms with Crippen molar-refractivity contribution in [1.82, 2.24) is 4.90 Å². The Morgan fingerprint density at radius 1 is 1.23 bits per heavy atom. The van der Waals surface area contributed by atoms with Crippen LogP contribution in [0.15, 0.2) is 0 Å².